The molecule has 0 saturated heterocycles. The molecule has 1 aromatic heterocycles. The molecule has 0 atom stereocenters. The molecule has 2 aromatic carbocycles. The van der Waals surface area contributed by atoms with Crippen LogP contribution in [0.4, 0.5) is 18.9 Å². The zero-order chi connectivity index (χ0) is 18.9. The van der Waals surface area contributed by atoms with E-state index in [4.69, 9.17) is 0 Å². The van der Waals surface area contributed by atoms with Crippen molar-refractivity contribution in [2.75, 3.05) is 0 Å². The molecule has 1 heterocycles. The number of hydrogen-bond acceptors (Lipinski definition) is 5. The summed E-state index contributed by atoms with van der Waals surface area (Å²) in [5.74, 6) is 0. The number of hydrogen-bond donors (Lipinski definition) is 0. The van der Waals surface area contributed by atoms with Gasteiger partial charge in [-0.25, -0.2) is 4.79 Å². The third kappa shape index (κ3) is 3.45. The standard InChI is InChI=1S/C15H10F3N5O3/c16-15(17,18)11-3-7-12(8-4-11)22-14(24)21(19-20-22)9-10-1-5-13(6-2-10)23(25)26/h1-8H,9H2. The number of alkyl halides is 3. The van der Waals surface area contributed by atoms with Gasteiger partial charge in [-0.2, -0.15) is 22.5 Å². The number of nitrogens with zero attached hydrogens (tertiary/aromatic N) is 5. The number of tetrazole rings is 1. The highest BCUT2D eigenvalue weighted by molar-refractivity contribution is 5.35. The predicted molar refractivity (Wildman–Crippen MR) is 82.8 cm³/mol. The van der Waals surface area contributed by atoms with Gasteiger partial charge in [0.25, 0.3) is 5.69 Å². The number of nitro groups is 1. The third-order valence-electron chi connectivity index (χ3n) is 3.56. The van der Waals surface area contributed by atoms with Crippen molar-refractivity contribution in [3.05, 3.63) is 80.3 Å². The van der Waals surface area contributed by atoms with E-state index in [0.29, 0.717) is 5.56 Å². The van der Waals surface area contributed by atoms with Crippen molar-refractivity contribution in [2.24, 2.45) is 0 Å². The SMILES string of the molecule is O=c1n(Cc2ccc([N+](=O)[O-])cc2)nnn1-c1ccc(C(F)(F)F)cc1. The van der Waals surface area contributed by atoms with E-state index in [1.807, 2.05) is 0 Å². The van der Waals surface area contributed by atoms with Gasteiger partial charge in [0.1, 0.15) is 0 Å². The van der Waals surface area contributed by atoms with Crippen LogP contribution in [0, 0.1) is 10.1 Å². The number of benzene rings is 2. The van der Waals surface area contributed by atoms with E-state index in [0.717, 1.165) is 33.6 Å². The molecule has 0 aliphatic rings. The Morgan fingerprint density at radius 2 is 1.62 bits per heavy atom. The average Bonchev–Trinajstić information content (AvgIpc) is 2.95. The van der Waals surface area contributed by atoms with E-state index in [1.54, 1.807) is 0 Å². The van der Waals surface area contributed by atoms with Gasteiger partial charge in [0, 0.05) is 12.1 Å². The van der Waals surface area contributed by atoms with Crippen LogP contribution in [0.2, 0.25) is 0 Å². The summed E-state index contributed by atoms with van der Waals surface area (Å²) < 4.78 is 39.6. The maximum absolute atomic E-state index is 12.6. The van der Waals surface area contributed by atoms with Gasteiger partial charge in [-0.3, -0.25) is 10.1 Å². The molecule has 0 N–H and O–H groups in total. The van der Waals surface area contributed by atoms with Crippen LogP contribution in [-0.4, -0.2) is 24.7 Å². The summed E-state index contributed by atoms with van der Waals surface area (Å²) in [6, 6.07) is 9.46. The van der Waals surface area contributed by atoms with E-state index in [2.05, 4.69) is 10.4 Å². The van der Waals surface area contributed by atoms with Gasteiger partial charge in [-0.05, 0) is 40.3 Å². The minimum atomic E-state index is -4.48. The minimum absolute atomic E-state index is 0.0114. The molecular weight excluding hydrogens is 355 g/mol. The van der Waals surface area contributed by atoms with Crippen molar-refractivity contribution in [1.82, 2.24) is 19.8 Å². The molecule has 0 bridgehead atoms. The Kier molecular flexibility index (Phi) is 4.28. The Labute approximate surface area is 143 Å². The molecule has 8 nitrogen and oxygen atoms in total. The third-order valence-corrected chi connectivity index (χ3v) is 3.56. The molecule has 11 heteroatoms. The van der Waals surface area contributed by atoms with Crippen LogP contribution in [0.3, 0.4) is 0 Å². The normalized spacial score (nSPS) is 11.5. The Morgan fingerprint density at radius 1 is 1.00 bits per heavy atom. The predicted octanol–water partition coefficient (Wildman–Crippen LogP) is 2.40. The lowest BCUT2D eigenvalue weighted by Gasteiger charge is -2.06. The van der Waals surface area contributed by atoms with E-state index in [-0.39, 0.29) is 17.9 Å². The summed E-state index contributed by atoms with van der Waals surface area (Å²) >= 11 is 0. The fourth-order valence-electron chi connectivity index (χ4n) is 2.22. The van der Waals surface area contributed by atoms with Gasteiger partial charge in [-0.1, -0.05) is 12.1 Å². The Hall–Kier alpha value is -3.50. The molecule has 0 spiro atoms. The zero-order valence-electron chi connectivity index (χ0n) is 12.9. The molecule has 0 radical (unpaired) electrons. The fraction of sp³-hybridized carbons (Fsp3) is 0.133. The van der Waals surface area contributed by atoms with Gasteiger partial charge in [0.2, 0.25) is 0 Å². The lowest BCUT2D eigenvalue weighted by Crippen LogP contribution is -2.24. The summed E-state index contributed by atoms with van der Waals surface area (Å²) in [6.07, 6.45) is -4.48. The van der Waals surface area contributed by atoms with Crippen LogP contribution in [0.25, 0.3) is 5.69 Å². The maximum atomic E-state index is 12.6. The summed E-state index contributed by atoms with van der Waals surface area (Å²) in [6.45, 7) is 0.0114. The highest BCUT2D eigenvalue weighted by Crippen LogP contribution is 2.29. The van der Waals surface area contributed by atoms with E-state index < -0.39 is 22.4 Å². The molecule has 0 aliphatic heterocycles. The van der Waals surface area contributed by atoms with Gasteiger partial charge < -0.3 is 0 Å². The average molecular weight is 365 g/mol. The van der Waals surface area contributed by atoms with Gasteiger partial charge in [-0.15, -0.1) is 0 Å². The van der Waals surface area contributed by atoms with Gasteiger partial charge in [0.15, 0.2) is 0 Å². The molecule has 134 valence electrons. The highest BCUT2D eigenvalue weighted by atomic mass is 19.4. The molecule has 0 unspecified atom stereocenters. The number of rotatable bonds is 4. The number of aromatic nitrogens is 4. The largest absolute Gasteiger partial charge is 0.416 e. The fourth-order valence-corrected chi connectivity index (χ4v) is 2.22. The van der Waals surface area contributed by atoms with Crippen molar-refractivity contribution in [3.8, 4) is 5.69 Å². The lowest BCUT2D eigenvalue weighted by atomic mass is 10.2. The van der Waals surface area contributed by atoms with Crippen molar-refractivity contribution < 1.29 is 18.1 Å². The molecule has 0 aliphatic carbocycles. The summed E-state index contributed by atoms with van der Waals surface area (Å²) in [5, 5.41) is 17.9. The van der Waals surface area contributed by atoms with Crippen LogP contribution in [0.15, 0.2) is 53.3 Å². The first-order valence-electron chi connectivity index (χ1n) is 7.19. The van der Waals surface area contributed by atoms with Crippen LogP contribution in [-0.2, 0) is 12.7 Å². The molecule has 26 heavy (non-hydrogen) atoms. The van der Waals surface area contributed by atoms with E-state index in [9.17, 15) is 28.1 Å². The molecule has 3 rings (SSSR count). The Bertz CT molecular complexity index is 991. The van der Waals surface area contributed by atoms with E-state index in [1.165, 1.54) is 24.3 Å². The summed E-state index contributed by atoms with van der Waals surface area (Å²) in [7, 11) is 0. The second-order valence-corrected chi connectivity index (χ2v) is 5.30. The van der Waals surface area contributed by atoms with Crippen molar-refractivity contribution >= 4 is 5.69 Å². The van der Waals surface area contributed by atoms with E-state index >= 15 is 0 Å². The number of non-ortho nitro benzene ring substituents is 1. The minimum Gasteiger partial charge on any atom is -0.258 e. The first kappa shape index (κ1) is 17.3. The van der Waals surface area contributed by atoms with Crippen LogP contribution < -0.4 is 5.69 Å². The van der Waals surface area contributed by atoms with Crippen LogP contribution in [0.1, 0.15) is 11.1 Å². The van der Waals surface area contributed by atoms with Crippen LogP contribution >= 0.6 is 0 Å². The topological polar surface area (TPSA) is 95.8 Å². The Balaban J connectivity index is 1.84. The van der Waals surface area contributed by atoms with Crippen LogP contribution in [0.5, 0.6) is 0 Å². The summed E-state index contributed by atoms with van der Waals surface area (Å²) in [4.78, 5) is 22.4. The van der Waals surface area contributed by atoms with Crippen molar-refractivity contribution in [2.45, 2.75) is 12.7 Å². The molecule has 0 amide bonds. The smallest absolute Gasteiger partial charge is 0.258 e. The molecule has 3 aromatic rings. The lowest BCUT2D eigenvalue weighted by molar-refractivity contribution is -0.384. The molecule has 0 saturated carbocycles. The first-order chi connectivity index (χ1) is 12.3. The van der Waals surface area contributed by atoms with Crippen molar-refractivity contribution in [1.29, 1.82) is 0 Å². The monoisotopic (exact) mass is 365 g/mol. The highest BCUT2D eigenvalue weighted by Gasteiger charge is 2.30. The first-order valence-corrected chi connectivity index (χ1v) is 7.19. The Morgan fingerprint density at radius 3 is 2.15 bits per heavy atom. The van der Waals surface area contributed by atoms with Gasteiger partial charge in [0.05, 0.1) is 22.7 Å². The van der Waals surface area contributed by atoms with Gasteiger partial charge >= 0.3 is 11.9 Å². The number of halogens is 3. The molecular formula is C15H10F3N5O3. The zero-order valence-corrected chi connectivity index (χ0v) is 12.9. The van der Waals surface area contributed by atoms with Crippen molar-refractivity contribution in [3.63, 3.8) is 0 Å². The quantitative estimate of drug-likeness (QED) is 0.523. The second-order valence-electron chi connectivity index (χ2n) is 5.30. The number of nitro benzene ring substituents is 1. The maximum Gasteiger partial charge on any atom is 0.416 e. The second kappa shape index (κ2) is 6.43. The summed E-state index contributed by atoms with van der Waals surface area (Å²) in [5.41, 5.74) is -0.861. The molecule has 0 fully saturated rings.